The van der Waals surface area contributed by atoms with E-state index < -0.39 is 12.5 Å². The lowest BCUT2D eigenvalue weighted by molar-refractivity contribution is -0.137. The van der Waals surface area contributed by atoms with Gasteiger partial charge in [0.2, 0.25) is 5.91 Å². The Bertz CT molecular complexity index is 809. The Balaban J connectivity index is 1.97. The number of carbonyl (C=O) groups excluding carboxylic acids is 2. The van der Waals surface area contributed by atoms with Crippen LogP contribution in [0.1, 0.15) is 41.5 Å². The lowest BCUT2D eigenvalue weighted by Gasteiger charge is -2.09. The van der Waals surface area contributed by atoms with Gasteiger partial charge in [-0.1, -0.05) is 12.1 Å². The van der Waals surface area contributed by atoms with Gasteiger partial charge in [-0.15, -0.1) is 0 Å². The number of amides is 2. The van der Waals surface area contributed by atoms with Crippen LogP contribution >= 0.6 is 0 Å². The zero-order valence-electron chi connectivity index (χ0n) is 14.9. The highest BCUT2D eigenvalue weighted by Crippen LogP contribution is 2.16. The molecule has 0 fully saturated rings. The number of carboxylic acids is 1. The van der Waals surface area contributed by atoms with Crippen molar-refractivity contribution in [2.45, 2.75) is 33.2 Å². The molecule has 2 amide bonds. The number of hydrogen-bond acceptors (Lipinski definition) is 4. The fourth-order valence-electron chi connectivity index (χ4n) is 2.49. The van der Waals surface area contributed by atoms with Crippen LogP contribution in [-0.2, 0) is 16.0 Å². The molecule has 8 heteroatoms. The van der Waals surface area contributed by atoms with E-state index in [1.807, 2.05) is 20.8 Å². The van der Waals surface area contributed by atoms with Gasteiger partial charge < -0.3 is 15.7 Å². The van der Waals surface area contributed by atoms with E-state index in [9.17, 15) is 14.4 Å². The summed E-state index contributed by atoms with van der Waals surface area (Å²) in [5, 5.41) is 17.9. The van der Waals surface area contributed by atoms with Gasteiger partial charge in [-0.05, 0) is 38.5 Å². The van der Waals surface area contributed by atoms with Crippen LogP contribution in [0.3, 0.4) is 0 Å². The molecule has 0 aliphatic rings. The Morgan fingerprint density at radius 1 is 1.19 bits per heavy atom. The Morgan fingerprint density at radius 3 is 2.38 bits per heavy atom. The third-order valence-corrected chi connectivity index (χ3v) is 3.79. The summed E-state index contributed by atoms with van der Waals surface area (Å²) in [5.41, 5.74) is 2.62. The molecule has 2 aromatic rings. The van der Waals surface area contributed by atoms with Crippen LogP contribution < -0.4 is 10.6 Å². The predicted molar refractivity (Wildman–Crippen MR) is 96.1 cm³/mol. The summed E-state index contributed by atoms with van der Waals surface area (Å²) in [4.78, 5) is 34.4. The fraction of sp³-hybridized carbons (Fsp3) is 0.333. The minimum Gasteiger partial charge on any atom is -0.480 e. The molecular formula is C18H22N4O4. The number of aliphatic carboxylic acids is 1. The van der Waals surface area contributed by atoms with E-state index in [1.165, 1.54) is 0 Å². The Hall–Kier alpha value is -3.16. The smallest absolute Gasteiger partial charge is 0.322 e. The van der Waals surface area contributed by atoms with Crippen molar-refractivity contribution in [3.8, 4) is 0 Å². The summed E-state index contributed by atoms with van der Waals surface area (Å²) < 4.78 is 1.79. The van der Waals surface area contributed by atoms with Gasteiger partial charge in [0.1, 0.15) is 6.54 Å². The van der Waals surface area contributed by atoms with E-state index in [1.54, 1.807) is 35.1 Å². The normalized spacial score (nSPS) is 10.6. The number of carboxylic acid groups (broad SMARTS) is 1. The number of rotatable bonds is 7. The molecule has 3 N–H and O–H groups in total. The highest BCUT2D eigenvalue weighted by Gasteiger charge is 2.15. The van der Waals surface area contributed by atoms with Crippen LogP contribution in [0.5, 0.6) is 0 Å². The molecule has 0 saturated heterocycles. The first kappa shape index (κ1) is 19.2. The van der Waals surface area contributed by atoms with Crippen molar-refractivity contribution in [1.82, 2.24) is 15.1 Å². The maximum Gasteiger partial charge on any atom is 0.322 e. The van der Waals surface area contributed by atoms with Crippen LogP contribution in [0.15, 0.2) is 30.5 Å². The molecule has 0 spiro atoms. The van der Waals surface area contributed by atoms with Crippen LogP contribution in [0.2, 0.25) is 0 Å². The lowest BCUT2D eigenvalue weighted by atomic mass is 10.1. The van der Waals surface area contributed by atoms with Crippen molar-refractivity contribution in [3.63, 3.8) is 0 Å². The monoisotopic (exact) mass is 358 g/mol. The van der Waals surface area contributed by atoms with Gasteiger partial charge >= 0.3 is 5.97 Å². The Morgan fingerprint density at radius 2 is 1.85 bits per heavy atom. The number of aromatic nitrogens is 2. The second-order valence-corrected chi connectivity index (χ2v) is 6.18. The molecule has 0 bridgehead atoms. The summed E-state index contributed by atoms with van der Waals surface area (Å²) in [7, 11) is 0. The molecule has 0 saturated carbocycles. The molecule has 0 aliphatic carbocycles. The quantitative estimate of drug-likeness (QED) is 0.698. The molecule has 1 heterocycles. The molecule has 8 nitrogen and oxygen atoms in total. The standard InChI is InChI=1S/C18H22N4O4/c1-11(2)22-12(3)15(9-20-22)18(26)21-14-6-4-13(5-7-14)8-16(23)19-10-17(24)25/h4-7,9,11H,8,10H2,1-3H3,(H,19,23)(H,21,26)(H,24,25). The Labute approximate surface area is 151 Å². The maximum absolute atomic E-state index is 12.4. The zero-order valence-corrected chi connectivity index (χ0v) is 14.9. The van der Waals surface area contributed by atoms with Crippen molar-refractivity contribution in [2.75, 3.05) is 11.9 Å². The summed E-state index contributed by atoms with van der Waals surface area (Å²) in [6, 6.07) is 6.98. The largest absolute Gasteiger partial charge is 0.480 e. The van der Waals surface area contributed by atoms with E-state index in [0.717, 1.165) is 11.3 Å². The predicted octanol–water partition coefficient (Wildman–Crippen LogP) is 1.77. The van der Waals surface area contributed by atoms with Gasteiger partial charge in [-0.2, -0.15) is 5.10 Å². The average Bonchev–Trinajstić information content (AvgIpc) is 2.96. The number of anilines is 1. The first-order chi connectivity index (χ1) is 12.3. The van der Waals surface area contributed by atoms with E-state index in [0.29, 0.717) is 11.3 Å². The van der Waals surface area contributed by atoms with Crippen LogP contribution in [0.25, 0.3) is 0 Å². The highest BCUT2D eigenvalue weighted by molar-refractivity contribution is 6.04. The van der Waals surface area contributed by atoms with Gasteiger partial charge in [-0.3, -0.25) is 19.1 Å². The average molecular weight is 358 g/mol. The number of nitrogens with zero attached hydrogens (tertiary/aromatic N) is 2. The summed E-state index contributed by atoms with van der Waals surface area (Å²) in [6.45, 7) is 5.43. The fourth-order valence-corrected chi connectivity index (χ4v) is 2.49. The van der Waals surface area contributed by atoms with Gasteiger partial charge in [-0.25, -0.2) is 0 Å². The number of benzene rings is 1. The van der Waals surface area contributed by atoms with E-state index in [4.69, 9.17) is 5.11 Å². The minimum atomic E-state index is -1.09. The van der Waals surface area contributed by atoms with Crippen molar-refractivity contribution < 1.29 is 19.5 Å². The van der Waals surface area contributed by atoms with Gasteiger partial charge in [0.25, 0.3) is 5.91 Å². The molecule has 0 unspecified atom stereocenters. The molecule has 1 aromatic heterocycles. The van der Waals surface area contributed by atoms with Crippen LogP contribution in [0, 0.1) is 6.92 Å². The SMILES string of the molecule is Cc1c(C(=O)Nc2ccc(CC(=O)NCC(=O)O)cc2)cnn1C(C)C. The number of carbonyl (C=O) groups is 3. The van der Waals surface area contributed by atoms with Crippen molar-refractivity contribution in [1.29, 1.82) is 0 Å². The molecule has 1 aromatic carbocycles. The van der Waals surface area contributed by atoms with E-state index in [-0.39, 0.29) is 24.3 Å². The molecule has 138 valence electrons. The van der Waals surface area contributed by atoms with Crippen molar-refractivity contribution in [2.24, 2.45) is 0 Å². The van der Waals surface area contributed by atoms with E-state index >= 15 is 0 Å². The Kier molecular flexibility index (Phi) is 6.11. The summed E-state index contributed by atoms with van der Waals surface area (Å²) >= 11 is 0. The topological polar surface area (TPSA) is 113 Å². The van der Waals surface area contributed by atoms with Crippen molar-refractivity contribution >= 4 is 23.5 Å². The van der Waals surface area contributed by atoms with Gasteiger partial charge in [0.05, 0.1) is 18.2 Å². The maximum atomic E-state index is 12.4. The van der Waals surface area contributed by atoms with Crippen LogP contribution in [-0.4, -0.2) is 39.2 Å². The highest BCUT2D eigenvalue weighted by atomic mass is 16.4. The molecule has 0 aliphatic heterocycles. The van der Waals surface area contributed by atoms with Crippen LogP contribution in [0.4, 0.5) is 5.69 Å². The molecule has 26 heavy (non-hydrogen) atoms. The van der Waals surface area contributed by atoms with Crippen molar-refractivity contribution in [3.05, 3.63) is 47.3 Å². The summed E-state index contributed by atoms with van der Waals surface area (Å²) in [6.07, 6.45) is 1.62. The number of nitrogens with one attached hydrogen (secondary N) is 2. The van der Waals surface area contributed by atoms with Gasteiger partial charge in [0.15, 0.2) is 0 Å². The lowest BCUT2D eigenvalue weighted by Crippen LogP contribution is -2.30. The third-order valence-electron chi connectivity index (χ3n) is 3.79. The second-order valence-electron chi connectivity index (χ2n) is 6.18. The minimum absolute atomic E-state index is 0.0712. The zero-order chi connectivity index (χ0) is 19.3. The molecule has 0 radical (unpaired) electrons. The van der Waals surface area contributed by atoms with Gasteiger partial charge in [0, 0.05) is 17.4 Å². The molecular weight excluding hydrogens is 336 g/mol. The molecule has 2 rings (SSSR count). The number of hydrogen-bond donors (Lipinski definition) is 3. The second kappa shape index (κ2) is 8.28. The first-order valence-corrected chi connectivity index (χ1v) is 8.20. The first-order valence-electron chi connectivity index (χ1n) is 8.20. The molecule has 0 atom stereocenters. The third kappa shape index (κ3) is 4.92. The summed E-state index contributed by atoms with van der Waals surface area (Å²) in [5.74, 6) is -1.71. The van der Waals surface area contributed by atoms with E-state index in [2.05, 4.69) is 15.7 Å².